The number of hydrogen-bond donors (Lipinski definition) is 0. The number of halogens is 1. The van der Waals surface area contributed by atoms with E-state index in [1.54, 1.807) is 6.20 Å². The number of carbonyl (C=O) groups excluding carboxylic acids is 1. The highest BCUT2D eigenvalue weighted by atomic mass is 79.9. The summed E-state index contributed by atoms with van der Waals surface area (Å²) in [7, 11) is 1.96. The van der Waals surface area contributed by atoms with Gasteiger partial charge in [-0.25, -0.2) is 0 Å². The third-order valence-corrected chi connectivity index (χ3v) is 2.69. The Bertz CT molecular complexity index is 354. The Labute approximate surface area is 110 Å². The standard InChI is InChI=1S/C12H17BrN2O2/c1-3-17-12(16)6-7-15(2)9-11-5-4-10(13)8-14-11/h4-5,8H,3,6-7,9H2,1-2H3. The maximum absolute atomic E-state index is 11.2. The molecule has 0 N–H and O–H groups in total. The van der Waals surface area contributed by atoms with Crippen LogP contribution in [0.25, 0.3) is 0 Å². The maximum atomic E-state index is 11.2. The van der Waals surface area contributed by atoms with Crippen molar-refractivity contribution in [3.8, 4) is 0 Å². The first-order valence-electron chi connectivity index (χ1n) is 5.56. The Morgan fingerprint density at radius 1 is 1.53 bits per heavy atom. The lowest BCUT2D eigenvalue weighted by atomic mass is 10.3. The molecule has 94 valence electrons. The Morgan fingerprint density at radius 3 is 2.88 bits per heavy atom. The number of nitrogens with zero attached hydrogens (tertiary/aromatic N) is 2. The molecule has 0 spiro atoms. The largest absolute Gasteiger partial charge is 0.466 e. The van der Waals surface area contributed by atoms with Gasteiger partial charge in [0.25, 0.3) is 0 Å². The number of ether oxygens (including phenoxy) is 1. The van der Waals surface area contributed by atoms with E-state index in [1.165, 1.54) is 0 Å². The van der Waals surface area contributed by atoms with Crippen LogP contribution >= 0.6 is 15.9 Å². The second-order valence-corrected chi connectivity index (χ2v) is 4.68. The second-order valence-electron chi connectivity index (χ2n) is 3.76. The number of carbonyl (C=O) groups is 1. The predicted molar refractivity (Wildman–Crippen MR) is 69.5 cm³/mol. The number of aromatic nitrogens is 1. The first-order chi connectivity index (χ1) is 8.11. The Hall–Kier alpha value is -0.940. The lowest BCUT2D eigenvalue weighted by Gasteiger charge is -2.15. The molecule has 4 nitrogen and oxygen atoms in total. The SMILES string of the molecule is CCOC(=O)CCN(C)Cc1ccc(Br)cn1. The summed E-state index contributed by atoms with van der Waals surface area (Å²) in [5.41, 5.74) is 0.986. The first-order valence-corrected chi connectivity index (χ1v) is 6.35. The number of rotatable bonds is 6. The summed E-state index contributed by atoms with van der Waals surface area (Å²) in [4.78, 5) is 17.5. The molecule has 0 aliphatic rings. The van der Waals surface area contributed by atoms with Gasteiger partial charge in [-0.05, 0) is 42.0 Å². The quantitative estimate of drug-likeness (QED) is 0.756. The van der Waals surface area contributed by atoms with Crippen LogP contribution in [0.3, 0.4) is 0 Å². The summed E-state index contributed by atoms with van der Waals surface area (Å²) in [5.74, 6) is -0.150. The summed E-state index contributed by atoms with van der Waals surface area (Å²) in [6.07, 6.45) is 2.19. The van der Waals surface area contributed by atoms with Crippen molar-refractivity contribution in [1.82, 2.24) is 9.88 Å². The van der Waals surface area contributed by atoms with Crippen LogP contribution in [0.2, 0.25) is 0 Å². The van der Waals surface area contributed by atoms with E-state index in [0.29, 0.717) is 19.6 Å². The van der Waals surface area contributed by atoms with Gasteiger partial charge in [-0.15, -0.1) is 0 Å². The van der Waals surface area contributed by atoms with E-state index in [4.69, 9.17) is 4.74 Å². The van der Waals surface area contributed by atoms with Gasteiger partial charge in [-0.1, -0.05) is 0 Å². The normalized spacial score (nSPS) is 10.6. The minimum absolute atomic E-state index is 0.150. The molecule has 0 radical (unpaired) electrons. The molecule has 1 heterocycles. The van der Waals surface area contributed by atoms with Crippen LogP contribution in [0.15, 0.2) is 22.8 Å². The van der Waals surface area contributed by atoms with E-state index < -0.39 is 0 Å². The number of pyridine rings is 1. The lowest BCUT2D eigenvalue weighted by molar-refractivity contribution is -0.143. The molecule has 0 aromatic carbocycles. The van der Waals surface area contributed by atoms with Crippen molar-refractivity contribution >= 4 is 21.9 Å². The van der Waals surface area contributed by atoms with Gasteiger partial charge >= 0.3 is 5.97 Å². The Balaban J connectivity index is 2.31. The van der Waals surface area contributed by atoms with Gasteiger partial charge in [0, 0.05) is 23.8 Å². The van der Waals surface area contributed by atoms with Crippen molar-refractivity contribution in [1.29, 1.82) is 0 Å². The molecule has 1 aromatic heterocycles. The lowest BCUT2D eigenvalue weighted by Crippen LogP contribution is -2.22. The molecule has 0 unspecified atom stereocenters. The van der Waals surface area contributed by atoms with Gasteiger partial charge in [0.2, 0.25) is 0 Å². The van der Waals surface area contributed by atoms with Crippen LogP contribution in [0, 0.1) is 0 Å². The zero-order valence-corrected chi connectivity index (χ0v) is 11.7. The molecular formula is C12H17BrN2O2. The number of esters is 1. The van der Waals surface area contributed by atoms with Crippen LogP contribution in [0.1, 0.15) is 19.0 Å². The predicted octanol–water partition coefficient (Wildman–Crippen LogP) is 2.23. The van der Waals surface area contributed by atoms with Gasteiger partial charge in [0.1, 0.15) is 0 Å². The third kappa shape index (κ3) is 5.79. The minimum atomic E-state index is -0.150. The van der Waals surface area contributed by atoms with Gasteiger partial charge in [0.05, 0.1) is 18.7 Å². The summed E-state index contributed by atoms with van der Waals surface area (Å²) < 4.78 is 5.84. The molecule has 0 saturated heterocycles. The van der Waals surface area contributed by atoms with Gasteiger partial charge in [-0.2, -0.15) is 0 Å². The minimum Gasteiger partial charge on any atom is -0.466 e. The van der Waals surface area contributed by atoms with Gasteiger partial charge < -0.3 is 4.74 Å². The van der Waals surface area contributed by atoms with Crippen LogP contribution in [-0.2, 0) is 16.1 Å². The first kappa shape index (κ1) is 14.1. The van der Waals surface area contributed by atoms with Crippen LogP contribution in [-0.4, -0.2) is 36.1 Å². The Kier molecular flexibility index (Phi) is 6.15. The zero-order valence-electron chi connectivity index (χ0n) is 10.1. The average Bonchev–Trinajstić information content (AvgIpc) is 2.30. The van der Waals surface area contributed by atoms with E-state index in [1.807, 2.05) is 31.0 Å². The van der Waals surface area contributed by atoms with E-state index in [-0.39, 0.29) is 5.97 Å². The molecule has 17 heavy (non-hydrogen) atoms. The van der Waals surface area contributed by atoms with Crippen molar-refractivity contribution in [2.24, 2.45) is 0 Å². The smallest absolute Gasteiger partial charge is 0.307 e. The highest BCUT2D eigenvalue weighted by Crippen LogP contribution is 2.08. The molecule has 1 rings (SSSR count). The summed E-state index contributed by atoms with van der Waals surface area (Å²) in [6.45, 7) is 3.66. The molecule has 0 bridgehead atoms. The molecule has 0 aliphatic carbocycles. The van der Waals surface area contributed by atoms with Crippen molar-refractivity contribution in [2.75, 3.05) is 20.2 Å². The fourth-order valence-corrected chi connectivity index (χ4v) is 1.61. The van der Waals surface area contributed by atoms with E-state index in [9.17, 15) is 4.79 Å². The van der Waals surface area contributed by atoms with Crippen molar-refractivity contribution in [2.45, 2.75) is 19.9 Å². The zero-order chi connectivity index (χ0) is 12.7. The fraction of sp³-hybridized carbons (Fsp3) is 0.500. The van der Waals surface area contributed by atoms with Crippen LogP contribution in [0.5, 0.6) is 0 Å². The summed E-state index contributed by atoms with van der Waals surface area (Å²) in [5, 5.41) is 0. The third-order valence-electron chi connectivity index (χ3n) is 2.22. The maximum Gasteiger partial charge on any atom is 0.307 e. The van der Waals surface area contributed by atoms with Crippen molar-refractivity contribution < 1.29 is 9.53 Å². The molecule has 0 saturated carbocycles. The van der Waals surface area contributed by atoms with Crippen molar-refractivity contribution in [3.63, 3.8) is 0 Å². The average molecular weight is 301 g/mol. The topological polar surface area (TPSA) is 42.4 Å². The molecule has 0 aliphatic heterocycles. The molecular weight excluding hydrogens is 284 g/mol. The fourth-order valence-electron chi connectivity index (χ4n) is 1.37. The molecule has 0 amide bonds. The van der Waals surface area contributed by atoms with Crippen molar-refractivity contribution in [3.05, 3.63) is 28.5 Å². The van der Waals surface area contributed by atoms with Crippen LogP contribution < -0.4 is 0 Å². The summed E-state index contributed by atoms with van der Waals surface area (Å²) >= 11 is 3.34. The molecule has 1 aromatic rings. The van der Waals surface area contributed by atoms with Crippen LogP contribution in [0.4, 0.5) is 0 Å². The van der Waals surface area contributed by atoms with E-state index in [2.05, 4.69) is 20.9 Å². The van der Waals surface area contributed by atoms with Gasteiger partial charge in [0.15, 0.2) is 0 Å². The Morgan fingerprint density at radius 2 is 2.29 bits per heavy atom. The molecule has 0 atom stereocenters. The van der Waals surface area contributed by atoms with E-state index in [0.717, 1.165) is 16.7 Å². The van der Waals surface area contributed by atoms with Gasteiger partial charge in [-0.3, -0.25) is 14.7 Å². The second kappa shape index (κ2) is 7.40. The highest BCUT2D eigenvalue weighted by Gasteiger charge is 2.06. The molecule has 5 heteroatoms. The highest BCUT2D eigenvalue weighted by molar-refractivity contribution is 9.10. The molecule has 0 fully saturated rings. The number of hydrogen-bond acceptors (Lipinski definition) is 4. The monoisotopic (exact) mass is 300 g/mol. The summed E-state index contributed by atoms with van der Waals surface area (Å²) in [6, 6.07) is 3.92. The van der Waals surface area contributed by atoms with E-state index >= 15 is 0 Å².